The summed E-state index contributed by atoms with van der Waals surface area (Å²) in [6, 6.07) is 8.32. The number of amides is 2. The second kappa shape index (κ2) is 10.8. The number of imidazole rings is 1. The fourth-order valence-electron chi connectivity index (χ4n) is 4.81. The Bertz CT molecular complexity index is 1540. The highest BCUT2D eigenvalue weighted by Crippen LogP contribution is 2.38. The molecule has 1 aliphatic rings. The number of nitrogens with zero attached hydrogens (tertiary/aromatic N) is 9. The van der Waals surface area contributed by atoms with E-state index in [1.165, 1.54) is 34.8 Å². The van der Waals surface area contributed by atoms with Crippen LogP contribution < -0.4 is 9.80 Å². The first-order valence-electron chi connectivity index (χ1n) is 12.7. The Morgan fingerprint density at radius 1 is 1.18 bits per heavy atom. The zero-order valence-corrected chi connectivity index (χ0v) is 24.2. The predicted molar refractivity (Wildman–Crippen MR) is 153 cm³/mol. The number of likely N-dealkylation sites (N-methyl/N-ethyl adjacent to an activating group) is 1. The summed E-state index contributed by atoms with van der Waals surface area (Å²) >= 11 is 2.81. The summed E-state index contributed by atoms with van der Waals surface area (Å²) in [6.07, 6.45) is 2.62. The van der Waals surface area contributed by atoms with E-state index in [1.54, 1.807) is 31.1 Å². The number of aryl methyl sites for hydroxylation is 1. The smallest absolute Gasteiger partial charge is 0.319 e. The summed E-state index contributed by atoms with van der Waals surface area (Å²) in [7, 11) is 7.29. The lowest BCUT2D eigenvalue weighted by atomic mass is 10.1. The lowest BCUT2D eigenvalue weighted by Crippen LogP contribution is -2.51. The summed E-state index contributed by atoms with van der Waals surface area (Å²) in [5.41, 5.74) is 2.09. The molecule has 3 aromatic heterocycles. The molecule has 204 valence electrons. The monoisotopic (exact) mass is 567 g/mol. The van der Waals surface area contributed by atoms with Gasteiger partial charge in [-0.2, -0.15) is 9.78 Å². The van der Waals surface area contributed by atoms with Gasteiger partial charge in [0, 0.05) is 46.8 Å². The van der Waals surface area contributed by atoms with Crippen molar-refractivity contribution in [1.29, 1.82) is 5.26 Å². The van der Waals surface area contributed by atoms with Crippen molar-refractivity contribution < 1.29 is 9.18 Å². The average molecular weight is 568 g/mol. The van der Waals surface area contributed by atoms with Crippen molar-refractivity contribution in [2.45, 2.75) is 32.2 Å². The van der Waals surface area contributed by atoms with Crippen molar-refractivity contribution in [3.05, 3.63) is 40.7 Å². The topological polar surface area (TPSA) is 96.9 Å². The Labute approximate surface area is 234 Å². The van der Waals surface area contributed by atoms with Crippen molar-refractivity contribution in [2.24, 2.45) is 0 Å². The second-order valence-corrected chi connectivity index (χ2v) is 11.6. The molecule has 1 atom stereocenters. The molecule has 0 N–H and O–H groups in total. The van der Waals surface area contributed by atoms with E-state index in [0.29, 0.717) is 34.2 Å². The molecule has 1 saturated heterocycles. The average Bonchev–Trinajstić information content (AvgIpc) is 3.65. The number of nitriles is 1. The van der Waals surface area contributed by atoms with Crippen molar-refractivity contribution in [3.63, 3.8) is 0 Å². The first kappa shape index (κ1) is 26.8. The molecule has 2 amide bonds. The number of fused-ring (bicyclic) bond motifs is 1. The quantitative estimate of drug-likeness (QED) is 0.329. The van der Waals surface area contributed by atoms with Crippen molar-refractivity contribution in [3.8, 4) is 17.3 Å². The number of halogens is 1. The highest BCUT2D eigenvalue weighted by atomic mass is 32.1. The Balaban J connectivity index is 1.46. The van der Waals surface area contributed by atoms with Gasteiger partial charge in [0.2, 0.25) is 10.1 Å². The van der Waals surface area contributed by atoms with Crippen LogP contribution >= 0.6 is 22.7 Å². The van der Waals surface area contributed by atoms with Gasteiger partial charge >= 0.3 is 6.03 Å². The van der Waals surface area contributed by atoms with Gasteiger partial charge in [0.05, 0.1) is 11.7 Å². The maximum absolute atomic E-state index is 13.5. The fourth-order valence-corrected chi connectivity index (χ4v) is 6.61. The summed E-state index contributed by atoms with van der Waals surface area (Å²) < 4.78 is 15.3. The molecule has 39 heavy (non-hydrogen) atoms. The van der Waals surface area contributed by atoms with Crippen LogP contribution in [0.15, 0.2) is 24.3 Å². The van der Waals surface area contributed by atoms with Crippen LogP contribution in [0.5, 0.6) is 0 Å². The summed E-state index contributed by atoms with van der Waals surface area (Å²) in [6.45, 7) is 3.61. The molecule has 13 heteroatoms. The van der Waals surface area contributed by atoms with Gasteiger partial charge in [-0.25, -0.2) is 19.2 Å². The molecular formula is C26H30FN9OS2. The third kappa shape index (κ3) is 5.02. The summed E-state index contributed by atoms with van der Waals surface area (Å²) in [5, 5.41) is 16.2. The number of carbonyl (C=O) groups is 1. The second-order valence-electron chi connectivity index (χ2n) is 9.70. The van der Waals surface area contributed by atoms with Crippen LogP contribution in [-0.4, -0.2) is 82.7 Å². The van der Waals surface area contributed by atoms with Gasteiger partial charge in [-0.05, 0) is 43.5 Å². The minimum Gasteiger partial charge on any atom is -0.345 e. The minimum atomic E-state index is -0.339. The van der Waals surface area contributed by atoms with Gasteiger partial charge in [-0.1, -0.05) is 29.6 Å². The molecule has 0 bridgehead atoms. The lowest BCUT2D eigenvalue weighted by molar-refractivity contribution is 0.157. The molecule has 4 aromatic rings. The molecule has 1 fully saturated rings. The fraction of sp³-hybridized carbons (Fsp3) is 0.423. The maximum atomic E-state index is 13.5. The number of urea groups is 1. The molecule has 1 aliphatic heterocycles. The van der Waals surface area contributed by atoms with Crippen molar-refractivity contribution in [1.82, 2.24) is 29.4 Å². The van der Waals surface area contributed by atoms with Gasteiger partial charge in [0.15, 0.2) is 10.9 Å². The molecule has 0 aliphatic carbocycles. The largest absolute Gasteiger partial charge is 0.345 e. The lowest BCUT2D eigenvalue weighted by Gasteiger charge is -2.38. The number of aromatic nitrogens is 4. The number of benzene rings is 1. The Morgan fingerprint density at radius 2 is 1.92 bits per heavy atom. The molecule has 0 radical (unpaired) electrons. The molecule has 1 aromatic carbocycles. The molecule has 1 unspecified atom stereocenters. The first-order chi connectivity index (χ1) is 18.7. The number of thiazole rings is 1. The number of hydrogen-bond donors (Lipinski definition) is 0. The molecule has 5 rings (SSSR count). The van der Waals surface area contributed by atoms with E-state index in [4.69, 9.17) is 15.1 Å². The predicted octanol–water partition coefficient (Wildman–Crippen LogP) is 4.84. The number of piperidine rings is 1. The van der Waals surface area contributed by atoms with E-state index in [9.17, 15) is 14.4 Å². The Morgan fingerprint density at radius 3 is 2.59 bits per heavy atom. The minimum absolute atomic E-state index is 0.00696. The van der Waals surface area contributed by atoms with Crippen LogP contribution in [0.3, 0.4) is 0 Å². The third-order valence-electron chi connectivity index (χ3n) is 6.91. The highest BCUT2D eigenvalue weighted by Gasteiger charge is 2.30. The molecule has 4 heterocycles. The van der Waals surface area contributed by atoms with E-state index >= 15 is 0 Å². The van der Waals surface area contributed by atoms with Gasteiger partial charge < -0.3 is 19.6 Å². The number of rotatable bonds is 6. The third-order valence-corrected chi connectivity index (χ3v) is 8.92. The SMILES string of the molecule is CCc1nc2sc(N3CCCC(N(C)C(=O)N(C)C)C3)nn2c1N(C)c1nc(-c2ccc(F)cc2)c(C#N)s1. The van der Waals surface area contributed by atoms with Gasteiger partial charge in [-0.15, -0.1) is 5.10 Å². The zero-order chi connectivity index (χ0) is 27.8. The van der Waals surface area contributed by atoms with Crippen molar-refractivity contribution >= 4 is 49.7 Å². The molecule has 0 spiro atoms. The van der Waals surface area contributed by atoms with Crippen LogP contribution in [0.2, 0.25) is 0 Å². The van der Waals surface area contributed by atoms with E-state index in [-0.39, 0.29) is 17.9 Å². The standard InChI is InChI=1S/C26H30FN9OS2/c1-6-19-22(34(5)23-30-21(20(14-28)38-23)16-9-11-17(27)12-10-16)36-24(29-19)39-25(31-36)35-13-7-8-18(15-35)33(4)26(37)32(2)3/h9-12,18H,6-8,13,15H2,1-5H3. The van der Waals surface area contributed by atoms with Crippen LogP contribution in [0.25, 0.3) is 16.2 Å². The number of carbonyl (C=O) groups excluding carboxylic acids is 1. The Hall–Kier alpha value is -3.76. The van der Waals surface area contributed by atoms with Gasteiger partial charge in [0.1, 0.15) is 22.5 Å². The van der Waals surface area contributed by atoms with Gasteiger partial charge in [-0.3, -0.25) is 0 Å². The maximum Gasteiger partial charge on any atom is 0.319 e. The Kier molecular flexibility index (Phi) is 7.42. The summed E-state index contributed by atoms with van der Waals surface area (Å²) in [5.74, 6) is 0.460. The molecular weight excluding hydrogens is 537 g/mol. The normalized spacial score (nSPS) is 15.4. The first-order valence-corrected chi connectivity index (χ1v) is 14.3. The molecule has 10 nitrogen and oxygen atoms in total. The van der Waals surface area contributed by atoms with Crippen LogP contribution in [0.4, 0.5) is 25.3 Å². The zero-order valence-electron chi connectivity index (χ0n) is 22.5. The highest BCUT2D eigenvalue weighted by molar-refractivity contribution is 7.20. The van der Waals surface area contributed by atoms with Crippen LogP contribution in [0.1, 0.15) is 30.3 Å². The summed E-state index contributed by atoms with van der Waals surface area (Å²) in [4.78, 5) is 30.9. The van der Waals surface area contributed by atoms with E-state index in [2.05, 4.69) is 11.0 Å². The molecule has 0 saturated carbocycles. The van der Waals surface area contributed by atoms with E-state index in [1.807, 2.05) is 35.3 Å². The van der Waals surface area contributed by atoms with E-state index in [0.717, 1.165) is 41.0 Å². The number of hydrogen-bond acceptors (Lipinski definition) is 9. The number of anilines is 3. The van der Waals surface area contributed by atoms with Crippen LogP contribution in [-0.2, 0) is 6.42 Å². The van der Waals surface area contributed by atoms with E-state index < -0.39 is 0 Å². The van der Waals surface area contributed by atoms with Crippen LogP contribution in [0, 0.1) is 17.1 Å². The van der Waals surface area contributed by atoms with Gasteiger partial charge in [0.25, 0.3) is 0 Å². The van der Waals surface area contributed by atoms with Crippen molar-refractivity contribution in [2.75, 3.05) is 51.1 Å².